The molecule has 0 saturated carbocycles. The van der Waals surface area contributed by atoms with Crippen molar-refractivity contribution in [2.45, 2.75) is 13.1 Å². The first kappa shape index (κ1) is 9.70. The quantitative estimate of drug-likeness (QED) is 0.594. The Morgan fingerprint density at radius 1 is 1.08 bits per heavy atom. The third-order valence-electron chi connectivity index (χ3n) is 1.81. The van der Waals surface area contributed by atoms with Gasteiger partial charge in [-0.2, -0.15) is 0 Å². The van der Waals surface area contributed by atoms with Crippen molar-refractivity contribution in [1.82, 2.24) is 0 Å². The van der Waals surface area contributed by atoms with Crippen LogP contribution in [0.1, 0.15) is 21.5 Å². The molecule has 70 valence electrons. The molecule has 4 heteroatoms. The number of carbonyl (C=O) groups excluding carboxylic acids is 1. The first-order chi connectivity index (χ1) is 6.17. The summed E-state index contributed by atoms with van der Waals surface area (Å²) in [5.41, 5.74) is 18.2. The van der Waals surface area contributed by atoms with E-state index in [0.717, 1.165) is 11.1 Å². The second-order valence-electron chi connectivity index (χ2n) is 2.81. The lowest BCUT2D eigenvalue weighted by molar-refractivity contribution is 0.1000. The first-order valence-electron chi connectivity index (χ1n) is 4.00. The Hall–Kier alpha value is -1.39. The van der Waals surface area contributed by atoms with Crippen molar-refractivity contribution in [3.63, 3.8) is 0 Å². The highest BCUT2D eigenvalue weighted by Gasteiger charge is 2.03. The molecular formula is C9H13N3O. The Morgan fingerprint density at radius 3 is 1.85 bits per heavy atom. The number of primary amides is 1. The fraction of sp³-hybridized carbons (Fsp3) is 0.222. The van der Waals surface area contributed by atoms with E-state index in [-0.39, 0.29) is 0 Å². The highest BCUT2D eigenvalue weighted by Crippen LogP contribution is 2.09. The number of hydrogen-bond acceptors (Lipinski definition) is 3. The minimum absolute atomic E-state index is 0.383. The van der Waals surface area contributed by atoms with Crippen molar-refractivity contribution in [3.05, 3.63) is 34.9 Å². The van der Waals surface area contributed by atoms with E-state index in [1.807, 2.05) is 6.07 Å². The van der Waals surface area contributed by atoms with Crippen molar-refractivity contribution in [2.75, 3.05) is 0 Å². The molecule has 0 fully saturated rings. The van der Waals surface area contributed by atoms with Gasteiger partial charge >= 0.3 is 0 Å². The lowest BCUT2D eigenvalue weighted by atomic mass is 10.1. The van der Waals surface area contributed by atoms with E-state index in [0.29, 0.717) is 18.7 Å². The summed E-state index contributed by atoms with van der Waals surface area (Å²) in [6, 6.07) is 5.23. The molecule has 0 aliphatic carbocycles. The van der Waals surface area contributed by atoms with E-state index < -0.39 is 5.91 Å². The molecule has 0 heterocycles. The third-order valence-corrected chi connectivity index (χ3v) is 1.81. The number of nitrogens with two attached hydrogens (primary N) is 3. The van der Waals surface area contributed by atoms with Crippen LogP contribution < -0.4 is 17.2 Å². The van der Waals surface area contributed by atoms with Gasteiger partial charge in [0, 0.05) is 18.7 Å². The van der Waals surface area contributed by atoms with Gasteiger partial charge in [-0.15, -0.1) is 0 Å². The van der Waals surface area contributed by atoms with Gasteiger partial charge in [-0.25, -0.2) is 0 Å². The number of hydrogen-bond donors (Lipinski definition) is 3. The van der Waals surface area contributed by atoms with Gasteiger partial charge in [-0.3, -0.25) is 4.79 Å². The average Bonchev–Trinajstić information content (AvgIpc) is 2.16. The van der Waals surface area contributed by atoms with E-state index >= 15 is 0 Å². The van der Waals surface area contributed by atoms with E-state index in [1.54, 1.807) is 12.1 Å². The molecule has 1 rings (SSSR count). The molecule has 0 unspecified atom stereocenters. The average molecular weight is 179 g/mol. The Labute approximate surface area is 76.7 Å². The van der Waals surface area contributed by atoms with Crippen LogP contribution in [0.4, 0.5) is 0 Å². The van der Waals surface area contributed by atoms with Gasteiger partial charge in [-0.05, 0) is 23.3 Å². The molecule has 1 amide bonds. The lowest BCUT2D eigenvalue weighted by Crippen LogP contribution is -2.13. The third kappa shape index (κ3) is 2.27. The van der Waals surface area contributed by atoms with Crippen LogP contribution in [-0.4, -0.2) is 5.91 Å². The summed E-state index contributed by atoms with van der Waals surface area (Å²) >= 11 is 0. The smallest absolute Gasteiger partial charge is 0.248 e. The zero-order valence-electron chi connectivity index (χ0n) is 7.29. The molecule has 0 saturated heterocycles. The van der Waals surface area contributed by atoms with E-state index in [2.05, 4.69) is 0 Å². The molecule has 4 nitrogen and oxygen atoms in total. The summed E-state index contributed by atoms with van der Waals surface area (Å²) in [6.45, 7) is 0.766. The van der Waals surface area contributed by atoms with Gasteiger partial charge in [0.25, 0.3) is 0 Å². The topological polar surface area (TPSA) is 95.1 Å². The van der Waals surface area contributed by atoms with Crippen LogP contribution in [0.15, 0.2) is 18.2 Å². The number of amides is 1. The molecule has 1 aromatic rings. The predicted octanol–water partition coefficient (Wildman–Crippen LogP) is -0.297. The predicted molar refractivity (Wildman–Crippen MR) is 50.7 cm³/mol. The van der Waals surface area contributed by atoms with Crippen LogP contribution in [0.25, 0.3) is 0 Å². The maximum atomic E-state index is 10.9. The molecule has 0 aliphatic rings. The van der Waals surface area contributed by atoms with E-state index in [1.165, 1.54) is 0 Å². The minimum Gasteiger partial charge on any atom is -0.366 e. The maximum Gasteiger partial charge on any atom is 0.248 e. The van der Waals surface area contributed by atoms with Crippen LogP contribution in [-0.2, 0) is 13.1 Å². The molecule has 0 aromatic heterocycles. The van der Waals surface area contributed by atoms with E-state index in [9.17, 15) is 4.79 Å². The fourth-order valence-corrected chi connectivity index (χ4v) is 1.14. The van der Waals surface area contributed by atoms with E-state index in [4.69, 9.17) is 17.2 Å². The summed E-state index contributed by atoms with van der Waals surface area (Å²) in [4.78, 5) is 10.9. The van der Waals surface area contributed by atoms with Crippen molar-refractivity contribution >= 4 is 5.91 Å². The Balaban J connectivity index is 3.14. The Morgan fingerprint density at radius 2 is 1.54 bits per heavy atom. The molecule has 0 aliphatic heterocycles. The van der Waals surface area contributed by atoms with Gasteiger partial charge in [0.2, 0.25) is 5.91 Å². The second kappa shape index (κ2) is 4.02. The lowest BCUT2D eigenvalue weighted by Gasteiger charge is -2.04. The summed E-state index contributed by atoms with van der Waals surface area (Å²) in [7, 11) is 0. The zero-order chi connectivity index (χ0) is 9.84. The highest BCUT2D eigenvalue weighted by molar-refractivity contribution is 5.93. The standard InChI is InChI=1S/C9H13N3O/c10-4-6-1-7(5-11)3-8(2-6)9(12)13/h1-3H,4-5,10-11H2,(H2,12,13). The van der Waals surface area contributed by atoms with Crippen LogP contribution in [0.3, 0.4) is 0 Å². The fourth-order valence-electron chi connectivity index (χ4n) is 1.14. The summed E-state index contributed by atoms with van der Waals surface area (Å²) in [5, 5.41) is 0. The Kier molecular flexibility index (Phi) is 3.00. The normalized spacial score (nSPS) is 10.0. The van der Waals surface area contributed by atoms with Gasteiger partial charge in [-0.1, -0.05) is 6.07 Å². The van der Waals surface area contributed by atoms with Crippen molar-refractivity contribution in [1.29, 1.82) is 0 Å². The SMILES string of the molecule is NCc1cc(CN)cc(C(N)=O)c1. The van der Waals surface area contributed by atoms with Crippen LogP contribution >= 0.6 is 0 Å². The molecule has 13 heavy (non-hydrogen) atoms. The van der Waals surface area contributed by atoms with Crippen LogP contribution in [0, 0.1) is 0 Å². The summed E-state index contributed by atoms with van der Waals surface area (Å²) in [6.07, 6.45) is 0. The molecule has 6 N–H and O–H groups in total. The van der Waals surface area contributed by atoms with Gasteiger partial charge in [0.15, 0.2) is 0 Å². The minimum atomic E-state index is -0.454. The van der Waals surface area contributed by atoms with Gasteiger partial charge in [0.1, 0.15) is 0 Å². The molecule has 0 radical (unpaired) electrons. The molecule has 0 spiro atoms. The van der Waals surface area contributed by atoms with Crippen molar-refractivity contribution in [2.24, 2.45) is 17.2 Å². The maximum absolute atomic E-state index is 10.9. The summed E-state index contributed by atoms with van der Waals surface area (Å²) < 4.78 is 0. The van der Waals surface area contributed by atoms with Crippen LogP contribution in [0.5, 0.6) is 0 Å². The van der Waals surface area contributed by atoms with Crippen LogP contribution in [0.2, 0.25) is 0 Å². The number of rotatable bonds is 3. The summed E-state index contributed by atoms with van der Waals surface area (Å²) in [5.74, 6) is -0.454. The number of benzene rings is 1. The van der Waals surface area contributed by atoms with Gasteiger partial charge in [0.05, 0.1) is 0 Å². The first-order valence-corrected chi connectivity index (χ1v) is 4.00. The molecule has 0 bridgehead atoms. The van der Waals surface area contributed by atoms with Crippen molar-refractivity contribution in [3.8, 4) is 0 Å². The van der Waals surface area contributed by atoms with Crippen molar-refractivity contribution < 1.29 is 4.79 Å². The highest BCUT2D eigenvalue weighted by atomic mass is 16.1. The largest absolute Gasteiger partial charge is 0.366 e. The number of carbonyl (C=O) groups is 1. The molecule has 1 aromatic carbocycles. The molecular weight excluding hydrogens is 166 g/mol. The Bertz CT molecular complexity index is 300. The monoisotopic (exact) mass is 179 g/mol. The molecule has 0 atom stereocenters. The second-order valence-corrected chi connectivity index (χ2v) is 2.81. The zero-order valence-corrected chi connectivity index (χ0v) is 7.29. The van der Waals surface area contributed by atoms with Gasteiger partial charge < -0.3 is 17.2 Å².